The first kappa shape index (κ1) is 9.28. The van der Waals surface area contributed by atoms with Gasteiger partial charge in [0.05, 0.1) is 5.25 Å². The molecule has 0 radical (unpaired) electrons. The molecular formula is C12H13NOS. The zero-order valence-corrected chi connectivity index (χ0v) is 9.22. The highest BCUT2D eigenvalue weighted by Gasteiger charge is 2.31. The van der Waals surface area contributed by atoms with Gasteiger partial charge in [-0.1, -0.05) is 18.2 Å². The summed E-state index contributed by atoms with van der Waals surface area (Å²) in [6.07, 6.45) is 3.21. The van der Waals surface area contributed by atoms with Crippen LogP contribution in [0.15, 0.2) is 29.2 Å². The van der Waals surface area contributed by atoms with E-state index in [0.717, 1.165) is 19.3 Å². The van der Waals surface area contributed by atoms with E-state index < -0.39 is 0 Å². The Morgan fingerprint density at radius 2 is 2.13 bits per heavy atom. The monoisotopic (exact) mass is 219 g/mol. The van der Waals surface area contributed by atoms with Crippen LogP contribution in [0.1, 0.15) is 18.4 Å². The Labute approximate surface area is 93.4 Å². The van der Waals surface area contributed by atoms with Gasteiger partial charge in [0, 0.05) is 10.9 Å². The number of rotatable bonds is 2. The number of benzene rings is 1. The minimum absolute atomic E-state index is 0.1000. The average molecular weight is 219 g/mol. The van der Waals surface area contributed by atoms with Crippen LogP contribution in [0.25, 0.3) is 0 Å². The van der Waals surface area contributed by atoms with Gasteiger partial charge in [-0.3, -0.25) is 4.79 Å². The van der Waals surface area contributed by atoms with Crippen LogP contribution >= 0.6 is 11.8 Å². The van der Waals surface area contributed by atoms with E-state index in [4.69, 9.17) is 0 Å². The average Bonchev–Trinajstić information content (AvgIpc) is 2.95. The summed E-state index contributed by atoms with van der Waals surface area (Å²) < 4.78 is 0. The molecule has 3 heteroatoms. The topological polar surface area (TPSA) is 29.1 Å². The Morgan fingerprint density at radius 3 is 2.87 bits per heavy atom. The van der Waals surface area contributed by atoms with E-state index >= 15 is 0 Å². The highest BCUT2D eigenvalue weighted by atomic mass is 32.2. The molecule has 1 amide bonds. The summed E-state index contributed by atoms with van der Waals surface area (Å²) in [6, 6.07) is 8.77. The lowest BCUT2D eigenvalue weighted by Gasteiger charge is -2.08. The fourth-order valence-corrected chi connectivity index (χ4v) is 3.05. The molecule has 1 aromatic carbocycles. The predicted octanol–water partition coefficient (Wildman–Crippen LogP) is 1.98. The van der Waals surface area contributed by atoms with E-state index in [2.05, 4.69) is 17.4 Å². The molecule has 1 aliphatic heterocycles. The molecule has 0 bridgehead atoms. The molecule has 1 atom stereocenters. The molecule has 0 aromatic heterocycles. The number of nitrogens with one attached hydrogen (secondary N) is 1. The highest BCUT2D eigenvalue weighted by Crippen LogP contribution is 2.37. The minimum Gasteiger partial charge on any atom is -0.352 e. The van der Waals surface area contributed by atoms with Crippen LogP contribution in [0.5, 0.6) is 0 Å². The van der Waals surface area contributed by atoms with Crippen molar-refractivity contribution in [2.24, 2.45) is 0 Å². The van der Waals surface area contributed by atoms with Crippen LogP contribution in [-0.2, 0) is 11.2 Å². The van der Waals surface area contributed by atoms with Crippen molar-refractivity contribution < 1.29 is 4.79 Å². The number of fused-ring (bicyclic) bond motifs is 1. The minimum atomic E-state index is 0.1000. The molecule has 1 N–H and O–H groups in total. The van der Waals surface area contributed by atoms with Gasteiger partial charge in [0.15, 0.2) is 0 Å². The molecular weight excluding hydrogens is 206 g/mol. The van der Waals surface area contributed by atoms with Crippen molar-refractivity contribution >= 4 is 17.7 Å². The van der Waals surface area contributed by atoms with Gasteiger partial charge in [0.25, 0.3) is 0 Å². The molecule has 0 saturated heterocycles. The van der Waals surface area contributed by atoms with Gasteiger partial charge in [0.2, 0.25) is 5.91 Å². The number of thioether (sulfide) groups is 1. The zero-order valence-electron chi connectivity index (χ0n) is 8.40. The summed E-state index contributed by atoms with van der Waals surface area (Å²) in [7, 11) is 0. The lowest BCUT2D eigenvalue weighted by atomic mass is 10.1. The summed E-state index contributed by atoms with van der Waals surface area (Å²) >= 11 is 1.70. The SMILES string of the molecule is O=C(NC1CC1)C1Cc2ccccc2S1. The van der Waals surface area contributed by atoms with Gasteiger partial charge in [0.1, 0.15) is 0 Å². The molecule has 3 rings (SSSR count). The highest BCUT2D eigenvalue weighted by molar-refractivity contribution is 8.01. The molecule has 78 valence electrons. The normalized spacial score (nSPS) is 23.6. The molecule has 2 aliphatic rings. The molecule has 1 unspecified atom stereocenters. The third kappa shape index (κ3) is 1.88. The fourth-order valence-electron chi connectivity index (χ4n) is 1.85. The number of hydrogen-bond donors (Lipinski definition) is 1. The third-order valence-electron chi connectivity index (χ3n) is 2.86. The molecule has 1 aliphatic carbocycles. The van der Waals surface area contributed by atoms with Crippen LogP contribution in [-0.4, -0.2) is 17.2 Å². The second-order valence-electron chi connectivity index (χ2n) is 4.20. The Balaban J connectivity index is 1.69. The fraction of sp³-hybridized carbons (Fsp3) is 0.417. The van der Waals surface area contributed by atoms with E-state index in [0.29, 0.717) is 6.04 Å². The van der Waals surface area contributed by atoms with Gasteiger partial charge >= 0.3 is 0 Å². The van der Waals surface area contributed by atoms with E-state index in [1.54, 1.807) is 11.8 Å². The molecule has 1 saturated carbocycles. The van der Waals surface area contributed by atoms with Gasteiger partial charge in [-0.15, -0.1) is 11.8 Å². The number of amides is 1. The maximum absolute atomic E-state index is 11.8. The molecule has 15 heavy (non-hydrogen) atoms. The van der Waals surface area contributed by atoms with Crippen LogP contribution in [0, 0.1) is 0 Å². The standard InChI is InChI=1S/C12H13NOS/c14-12(13-9-5-6-9)11-7-8-3-1-2-4-10(8)15-11/h1-4,9,11H,5-7H2,(H,13,14). The van der Waals surface area contributed by atoms with Crippen molar-refractivity contribution in [2.75, 3.05) is 0 Å². The molecule has 1 aromatic rings. The summed E-state index contributed by atoms with van der Waals surface area (Å²) in [4.78, 5) is 13.1. The zero-order chi connectivity index (χ0) is 10.3. The van der Waals surface area contributed by atoms with Gasteiger partial charge in [-0.05, 0) is 30.9 Å². The number of carbonyl (C=O) groups is 1. The first-order chi connectivity index (χ1) is 7.33. The summed E-state index contributed by atoms with van der Waals surface area (Å²) in [6.45, 7) is 0. The molecule has 1 heterocycles. The summed E-state index contributed by atoms with van der Waals surface area (Å²) in [5, 5.41) is 3.17. The Bertz CT molecular complexity index is 375. The van der Waals surface area contributed by atoms with Crippen LogP contribution in [0.3, 0.4) is 0 Å². The second kappa shape index (κ2) is 3.56. The van der Waals surface area contributed by atoms with Crippen molar-refractivity contribution in [3.05, 3.63) is 29.8 Å². The largest absolute Gasteiger partial charge is 0.352 e. The van der Waals surface area contributed by atoms with Crippen molar-refractivity contribution in [1.29, 1.82) is 0 Å². The summed E-state index contributed by atoms with van der Waals surface area (Å²) in [5.74, 6) is 0.221. The predicted molar refractivity (Wildman–Crippen MR) is 61.0 cm³/mol. The van der Waals surface area contributed by atoms with Gasteiger partial charge < -0.3 is 5.32 Å². The van der Waals surface area contributed by atoms with Crippen molar-refractivity contribution in [2.45, 2.75) is 35.4 Å². The summed E-state index contributed by atoms with van der Waals surface area (Å²) in [5.41, 5.74) is 1.32. The van der Waals surface area contributed by atoms with Crippen LogP contribution in [0.2, 0.25) is 0 Å². The van der Waals surface area contributed by atoms with E-state index in [9.17, 15) is 4.79 Å². The number of carbonyl (C=O) groups excluding carboxylic acids is 1. The second-order valence-corrected chi connectivity index (χ2v) is 5.45. The first-order valence-electron chi connectivity index (χ1n) is 5.38. The van der Waals surface area contributed by atoms with Gasteiger partial charge in [-0.25, -0.2) is 0 Å². The quantitative estimate of drug-likeness (QED) is 0.824. The van der Waals surface area contributed by atoms with E-state index in [1.807, 2.05) is 12.1 Å². The maximum atomic E-state index is 11.8. The van der Waals surface area contributed by atoms with Crippen LogP contribution < -0.4 is 5.32 Å². The Kier molecular flexibility index (Phi) is 2.20. The van der Waals surface area contributed by atoms with Crippen molar-refractivity contribution in [1.82, 2.24) is 5.32 Å². The van der Waals surface area contributed by atoms with E-state index in [-0.39, 0.29) is 11.2 Å². The van der Waals surface area contributed by atoms with Crippen LogP contribution in [0.4, 0.5) is 0 Å². The smallest absolute Gasteiger partial charge is 0.234 e. The Hall–Kier alpha value is -0.960. The van der Waals surface area contributed by atoms with E-state index in [1.165, 1.54) is 10.5 Å². The lowest BCUT2D eigenvalue weighted by molar-refractivity contribution is -0.120. The first-order valence-corrected chi connectivity index (χ1v) is 6.26. The van der Waals surface area contributed by atoms with Crippen molar-refractivity contribution in [3.8, 4) is 0 Å². The third-order valence-corrected chi connectivity index (χ3v) is 4.18. The molecule has 1 fully saturated rings. The molecule has 2 nitrogen and oxygen atoms in total. The number of hydrogen-bond acceptors (Lipinski definition) is 2. The lowest BCUT2D eigenvalue weighted by Crippen LogP contribution is -2.33. The molecule has 0 spiro atoms. The van der Waals surface area contributed by atoms with Gasteiger partial charge in [-0.2, -0.15) is 0 Å². The van der Waals surface area contributed by atoms with Crippen molar-refractivity contribution in [3.63, 3.8) is 0 Å². The maximum Gasteiger partial charge on any atom is 0.234 e. The Morgan fingerprint density at radius 1 is 1.33 bits per heavy atom.